The molecule has 0 aromatic heterocycles. The molecule has 0 aromatic carbocycles. The van der Waals surface area contributed by atoms with E-state index in [1.54, 1.807) is 0 Å². The number of rotatable bonds is 46. The molecule has 0 rings (SSSR count). The molecule has 0 aliphatic heterocycles. The second-order valence-corrected chi connectivity index (χ2v) is 17.7. The van der Waals surface area contributed by atoms with Gasteiger partial charge in [-0.05, 0) is 77.0 Å². The molecule has 0 radical (unpaired) electrons. The number of nitrogens with two attached hydrogens (primary N) is 1. The lowest BCUT2D eigenvalue weighted by molar-refractivity contribution is -0.154. The van der Waals surface area contributed by atoms with Gasteiger partial charge in [0.2, 0.25) is 0 Å². The maximum Gasteiger partial charge on any atom is 0.472 e. The van der Waals surface area contributed by atoms with Crippen molar-refractivity contribution in [2.75, 3.05) is 26.4 Å². The van der Waals surface area contributed by atoms with Crippen molar-refractivity contribution in [3.63, 3.8) is 0 Å². The van der Waals surface area contributed by atoms with Crippen molar-refractivity contribution in [1.82, 2.24) is 0 Å². The molecule has 0 spiro atoms. The summed E-state index contributed by atoms with van der Waals surface area (Å²) in [4.78, 5) is 33.6. The number of carboxylic acid groups (broad SMARTS) is 1. The van der Waals surface area contributed by atoms with Crippen LogP contribution in [0.3, 0.4) is 0 Å². The zero-order valence-electron chi connectivity index (χ0n) is 38.7. The van der Waals surface area contributed by atoms with Crippen molar-refractivity contribution in [1.29, 1.82) is 0 Å². The zero-order valence-corrected chi connectivity index (χ0v) is 39.6. The SMILES string of the molecule is CC/C=C\C/C=C\C/C=C\CCCCCCCC(=O)OC(COCCCCCCCCCCCCCC/C=C\C/C=C\CCCCCCC)COP(=O)(O)OCC(N)C(=O)O. The van der Waals surface area contributed by atoms with Gasteiger partial charge < -0.3 is 25.2 Å². The highest BCUT2D eigenvalue weighted by atomic mass is 31.2. The Morgan fingerprint density at radius 1 is 0.541 bits per heavy atom. The fourth-order valence-electron chi connectivity index (χ4n) is 6.53. The van der Waals surface area contributed by atoms with Crippen LogP contribution in [-0.2, 0) is 32.7 Å². The molecule has 0 aromatic rings. The van der Waals surface area contributed by atoms with Gasteiger partial charge in [-0.2, -0.15) is 0 Å². The van der Waals surface area contributed by atoms with E-state index in [1.807, 2.05) is 0 Å². The summed E-state index contributed by atoms with van der Waals surface area (Å²) in [5, 5.41) is 8.91. The fraction of sp³-hybridized carbons (Fsp3) is 0.760. The average molecular weight is 880 g/mol. The molecule has 0 heterocycles. The Hall–Kier alpha value is -2.33. The molecule has 61 heavy (non-hydrogen) atoms. The maximum absolute atomic E-state index is 12.6. The molecule has 0 fully saturated rings. The van der Waals surface area contributed by atoms with Crippen LogP contribution in [0.15, 0.2) is 60.8 Å². The molecule has 10 nitrogen and oxygen atoms in total. The predicted octanol–water partition coefficient (Wildman–Crippen LogP) is 14.0. The summed E-state index contributed by atoms with van der Waals surface area (Å²) < 4.78 is 33.4. The summed E-state index contributed by atoms with van der Waals surface area (Å²) in [6, 6.07) is -1.48. The van der Waals surface area contributed by atoms with E-state index in [0.717, 1.165) is 77.0 Å². The molecule has 0 amide bonds. The lowest BCUT2D eigenvalue weighted by Crippen LogP contribution is -2.34. The van der Waals surface area contributed by atoms with Gasteiger partial charge in [0.25, 0.3) is 0 Å². The van der Waals surface area contributed by atoms with Crippen molar-refractivity contribution < 1.29 is 42.7 Å². The normalized spacial score (nSPS) is 14.3. The minimum Gasteiger partial charge on any atom is -0.480 e. The summed E-state index contributed by atoms with van der Waals surface area (Å²) in [6.07, 6.45) is 55.7. The first-order valence-corrected chi connectivity index (χ1v) is 25.8. The molecule has 0 aliphatic carbocycles. The van der Waals surface area contributed by atoms with E-state index in [2.05, 4.69) is 74.6 Å². The second-order valence-electron chi connectivity index (χ2n) is 16.2. The van der Waals surface area contributed by atoms with Gasteiger partial charge in [0.05, 0.1) is 19.8 Å². The minimum absolute atomic E-state index is 0.00719. The van der Waals surface area contributed by atoms with Gasteiger partial charge in [0.1, 0.15) is 12.1 Å². The van der Waals surface area contributed by atoms with Gasteiger partial charge >= 0.3 is 19.8 Å². The van der Waals surface area contributed by atoms with Crippen LogP contribution >= 0.6 is 7.82 Å². The van der Waals surface area contributed by atoms with Crippen molar-refractivity contribution in [3.8, 4) is 0 Å². The van der Waals surface area contributed by atoms with Crippen LogP contribution in [-0.4, -0.2) is 60.5 Å². The highest BCUT2D eigenvalue weighted by Crippen LogP contribution is 2.43. The first-order valence-electron chi connectivity index (χ1n) is 24.3. The van der Waals surface area contributed by atoms with Crippen LogP contribution in [0.2, 0.25) is 0 Å². The molecular formula is C50H90NO9P. The topological polar surface area (TPSA) is 155 Å². The molecule has 0 saturated carbocycles. The zero-order chi connectivity index (χ0) is 44.8. The van der Waals surface area contributed by atoms with Gasteiger partial charge in [0.15, 0.2) is 0 Å². The summed E-state index contributed by atoms with van der Waals surface area (Å²) in [5.41, 5.74) is 5.36. The number of unbranched alkanes of at least 4 members (excludes halogenated alkanes) is 22. The number of phosphoric ester groups is 1. The van der Waals surface area contributed by atoms with E-state index in [9.17, 15) is 19.0 Å². The molecule has 3 atom stereocenters. The molecule has 0 saturated heterocycles. The monoisotopic (exact) mass is 880 g/mol. The number of carbonyl (C=O) groups is 2. The molecule has 11 heteroatoms. The average Bonchev–Trinajstić information content (AvgIpc) is 3.24. The Bertz CT molecular complexity index is 1200. The van der Waals surface area contributed by atoms with Gasteiger partial charge in [-0.1, -0.05) is 184 Å². The van der Waals surface area contributed by atoms with Crippen LogP contribution in [0.1, 0.15) is 206 Å². The molecule has 0 bridgehead atoms. The first kappa shape index (κ1) is 58.7. The third-order valence-corrected chi connectivity index (χ3v) is 11.2. The van der Waals surface area contributed by atoms with Gasteiger partial charge in [-0.25, -0.2) is 4.57 Å². The number of aliphatic carboxylic acids is 1. The number of phosphoric acid groups is 1. The van der Waals surface area contributed by atoms with Crippen molar-refractivity contribution in [2.24, 2.45) is 5.73 Å². The largest absolute Gasteiger partial charge is 0.480 e. The van der Waals surface area contributed by atoms with Crippen molar-refractivity contribution in [2.45, 2.75) is 219 Å². The van der Waals surface area contributed by atoms with Crippen LogP contribution in [0.5, 0.6) is 0 Å². The Labute approximate surface area is 372 Å². The van der Waals surface area contributed by atoms with Crippen molar-refractivity contribution in [3.05, 3.63) is 60.8 Å². The maximum atomic E-state index is 12.6. The minimum atomic E-state index is -4.63. The third kappa shape index (κ3) is 45.5. The number of hydrogen-bond donors (Lipinski definition) is 3. The molecule has 3 unspecified atom stereocenters. The van der Waals surface area contributed by atoms with Gasteiger partial charge in [-0.15, -0.1) is 0 Å². The smallest absolute Gasteiger partial charge is 0.472 e. The Morgan fingerprint density at radius 2 is 0.951 bits per heavy atom. The lowest BCUT2D eigenvalue weighted by atomic mass is 10.0. The third-order valence-electron chi connectivity index (χ3n) is 10.3. The highest BCUT2D eigenvalue weighted by Gasteiger charge is 2.27. The van der Waals surface area contributed by atoms with Crippen LogP contribution in [0.4, 0.5) is 0 Å². The summed E-state index contributed by atoms with van der Waals surface area (Å²) in [6.45, 7) is 3.74. The predicted molar refractivity (Wildman–Crippen MR) is 254 cm³/mol. The Balaban J connectivity index is 4.14. The first-order chi connectivity index (χ1) is 29.7. The summed E-state index contributed by atoms with van der Waals surface area (Å²) in [5.74, 6) is -1.80. The van der Waals surface area contributed by atoms with E-state index in [4.69, 9.17) is 29.4 Å². The number of esters is 1. The second kappa shape index (κ2) is 45.7. The van der Waals surface area contributed by atoms with Crippen LogP contribution in [0.25, 0.3) is 0 Å². The molecule has 4 N–H and O–H groups in total. The highest BCUT2D eigenvalue weighted by molar-refractivity contribution is 7.47. The summed E-state index contributed by atoms with van der Waals surface area (Å²) >= 11 is 0. The molecule has 0 aliphatic rings. The Morgan fingerprint density at radius 3 is 1.43 bits per heavy atom. The van der Waals surface area contributed by atoms with E-state index >= 15 is 0 Å². The quantitative estimate of drug-likeness (QED) is 0.0233. The number of hydrogen-bond acceptors (Lipinski definition) is 8. The fourth-order valence-corrected chi connectivity index (χ4v) is 7.31. The number of carboxylic acids is 1. The van der Waals surface area contributed by atoms with E-state index < -0.39 is 45.1 Å². The van der Waals surface area contributed by atoms with Gasteiger partial charge in [-0.3, -0.25) is 18.6 Å². The number of carbonyl (C=O) groups excluding carboxylic acids is 1. The number of allylic oxidation sites excluding steroid dienone is 10. The molecular weight excluding hydrogens is 790 g/mol. The molecule has 354 valence electrons. The van der Waals surface area contributed by atoms with E-state index in [0.29, 0.717) is 13.0 Å². The Kier molecular flexibility index (Phi) is 43.9. The summed E-state index contributed by atoms with van der Waals surface area (Å²) in [7, 11) is -4.63. The number of ether oxygens (including phenoxy) is 2. The van der Waals surface area contributed by atoms with Crippen molar-refractivity contribution >= 4 is 19.8 Å². The lowest BCUT2D eigenvalue weighted by Gasteiger charge is -2.20. The van der Waals surface area contributed by atoms with E-state index in [1.165, 1.54) is 103 Å². The van der Waals surface area contributed by atoms with E-state index in [-0.39, 0.29) is 13.0 Å². The van der Waals surface area contributed by atoms with Crippen LogP contribution < -0.4 is 5.73 Å². The van der Waals surface area contributed by atoms with Gasteiger partial charge in [0, 0.05) is 13.0 Å². The standard InChI is InChI=1S/C50H90NO9P/c1-3-5-7-9-11-13-15-17-19-20-21-22-23-24-25-26-27-29-31-33-35-37-39-41-43-57-44-47(45-58-61(55,56)59-46-48(51)50(53)54)60-49(52)42-40-38-36-34-32-30-28-18-16-14-12-10-8-6-4-2/h6,8,12,14-15,17-18,20-21,28,47-48H,3-5,7,9-11,13,16,19,22-27,29-46,51H2,1-2H3,(H,53,54)(H,55,56)/b8-6-,14-12-,17-15-,21-20-,28-18-. The van der Waals surface area contributed by atoms with Crippen LogP contribution in [0, 0.1) is 0 Å².